The Morgan fingerprint density at radius 2 is 2.24 bits per heavy atom. The van der Waals surface area contributed by atoms with E-state index in [9.17, 15) is 4.79 Å². The van der Waals surface area contributed by atoms with Crippen LogP contribution in [-0.4, -0.2) is 26.7 Å². The molecule has 3 rings (SSSR count). The lowest BCUT2D eigenvalue weighted by Gasteiger charge is -2.13. The molecule has 1 saturated carbocycles. The van der Waals surface area contributed by atoms with E-state index in [4.69, 9.17) is 4.98 Å². The average molecular weight is 286 g/mol. The van der Waals surface area contributed by atoms with Crippen LogP contribution >= 0.6 is 0 Å². The van der Waals surface area contributed by atoms with Gasteiger partial charge in [0.05, 0.1) is 16.6 Å². The van der Waals surface area contributed by atoms with Crippen LogP contribution in [0, 0.1) is 6.92 Å². The van der Waals surface area contributed by atoms with Gasteiger partial charge in [-0.1, -0.05) is 6.92 Å². The molecule has 1 fully saturated rings. The van der Waals surface area contributed by atoms with E-state index in [1.807, 2.05) is 27.0 Å². The number of hydrogen-bond acceptors (Lipinski definition) is 3. The molecule has 0 saturated heterocycles. The first kappa shape index (κ1) is 14.0. The zero-order valence-corrected chi connectivity index (χ0v) is 13.1. The number of nitrogens with one attached hydrogen (secondary N) is 1. The molecular weight excluding hydrogens is 264 g/mol. The van der Waals surface area contributed by atoms with Gasteiger partial charge >= 0.3 is 0 Å². The Balaban J connectivity index is 2.12. The minimum atomic E-state index is -0.0187. The van der Waals surface area contributed by atoms with Crippen molar-refractivity contribution < 1.29 is 4.79 Å². The summed E-state index contributed by atoms with van der Waals surface area (Å²) in [6.07, 6.45) is 3.25. The standard InChI is InChI=1S/C16H22N4O/c1-5-9(2)17-16(21)12-8-13(11-6-7-11)18-15-14(12)10(3)19-20(15)4/h8-9,11H,5-7H2,1-4H3,(H,17,21). The number of carbonyl (C=O) groups is 1. The van der Waals surface area contributed by atoms with Crippen LogP contribution in [0.15, 0.2) is 6.07 Å². The molecule has 1 unspecified atom stereocenters. The molecule has 112 valence electrons. The second kappa shape index (κ2) is 5.13. The maximum Gasteiger partial charge on any atom is 0.252 e. The molecule has 5 heteroatoms. The van der Waals surface area contributed by atoms with Gasteiger partial charge in [-0.25, -0.2) is 4.98 Å². The first-order chi connectivity index (χ1) is 10.0. The Labute approximate surface area is 124 Å². The van der Waals surface area contributed by atoms with Crippen molar-refractivity contribution in [3.8, 4) is 0 Å². The maximum absolute atomic E-state index is 12.6. The Bertz CT molecular complexity index is 700. The van der Waals surface area contributed by atoms with E-state index in [-0.39, 0.29) is 11.9 Å². The Kier molecular flexibility index (Phi) is 3.43. The van der Waals surface area contributed by atoms with Crippen molar-refractivity contribution in [1.82, 2.24) is 20.1 Å². The predicted molar refractivity (Wildman–Crippen MR) is 82.4 cm³/mol. The highest BCUT2D eigenvalue weighted by atomic mass is 16.1. The van der Waals surface area contributed by atoms with Crippen LogP contribution in [-0.2, 0) is 7.05 Å². The highest BCUT2D eigenvalue weighted by Crippen LogP contribution is 2.40. The summed E-state index contributed by atoms with van der Waals surface area (Å²) in [6, 6.07) is 2.13. The SMILES string of the molecule is CCC(C)NC(=O)c1cc(C2CC2)nc2c1c(C)nn2C. The normalized spacial score (nSPS) is 16.2. The fraction of sp³-hybridized carbons (Fsp3) is 0.562. The first-order valence-electron chi connectivity index (χ1n) is 7.66. The van der Waals surface area contributed by atoms with E-state index in [0.29, 0.717) is 11.5 Å². The molecule has 1 atom stereocenters. The summed E-state index contributed by atoms with van der Waals surface area (Å²) >= 11 is 0. The van der Waals surface area contributed by atoms with Gasteiger partial charge in [-0.3, -0.25) is 9.48 Å². The minimum Gasteiger partial charge on any atom is -0.350 e. The number of fused-ring (bicyclic) bond motifs is 1. The van der Waals surface area contributed by atoms with E-state index >= 15 is 0 Å². The fourth-order valence-electron chi connectivity index (χ4n) is 2.64. The predicted octanol–water partition coefficient (Wildman–Crippen LogP) is 2.68. The number of rotatable bonds is 4. The van der Waals surface area contributed by atoms with E-state index in [1.54, 1.807) is 4.68 Å². The topological polar surface area (TPSA) is 59.8 Å². The lowest BCUT2D eigenvalue weighted by molar-refractivity contribution is 0.0940. The van der Waals surface area contributed by atoms with Crippen LogP contribution in [0.5, 0.6) is 0 Å². The third-order valence-corrected chi connectivity index (χ3v) is 4.22. The summed E-state index contributed by atoms with van der Waals surface area (Å²) in [6.45, 7) is 6.02. The number of aromatic nitrogens is 3. The zero-order chi connectivity index (χ0) is 15.1. The number of aryl methyl sites for hydroxylation is 2. The molecule has 0 spiro atoms. The van der Waals surface area contributed by atoms with Crippen LogP contribution in [0.4, 0.5) is 0 Å². The van der Waals surface area contributed by atoms with Crippen molar-refractivity contribution in [2.75, 3.05) is 0 Å². The van der Waals surface area contributed by atoms with E-state index in [1.165, 1.54) is 12.8 Å². The summed E-state index contributed by atoms with van der Waals surface area (Å²) in [7, 11) is 1.88. The van der Waals surface area contributed by atoms with Crippen molar-refractivity contribution in [2.45, 2.75) is 52.0 Å². The van der Waals surface area contributed by atoms with E-state index in [2.05, 4.69) is 17.3 Å². The largest absolute Gasteiger partial charge is 0.350 e. The van der Waals surface area contributed by atoms with Gasteiger partial charge in [0.2, 0.25) is 0 Å². The molecule has 0 aromatic carbocycles. The maximum atomic E-state index is 12.6. The van der Waals surface area contributed by atoms with Crippen molar-refractivity contribution in [3.05, 3.63) is 23.0 Å². The molecule has 2 aromatic rings. The van der Waals surface area contributed by atoms with Gasteiger partial charge in [0.25, 0.3) is 5.91 Å². The van der Waals surface area contributed by atoms with E-state index in [0.717, 1.165) is 28.8 Å². The van der Waals surface area contributed by atoms with Crippen LogP contribution in [0.25, 0.3) is 11.0 Å². The Hall–Kier alpha value is -1.91. The zero-order valence-electron chi connectivity index (χ0n) is 13.1. The monoisotopic (exact) mass is 286 g/mol. The van der Waals surface area contributed by atoms with Gasteiger partial charge in [0.15, 0.2) is 5.65 Å². The first-order valence-corrected chi connectivity index (χ1v) is 7.66. The van der Waals surface area contributed by atoms with Crippen molar-refractivity contribution in [1.29, 1.82) is 0 Å². The summed E-state index contributed by atoms with van der Waals surface area (Å²) in [4.78, 5) is 17.3. The van der Waals surface area contributed by atoms with Gasteiger partial charge in [-0.15, -0.1) is 0 Å². The van der Waals surface area contributed by atoms with Crippen LogP contribution in [0.1, 0.15) is 60.8 Å². The van der Waals surface area contributed by atoms with Gasteiger partial charge in [-0.2, -0.15) is 5.10 Å². The lowest BCUT2D eigenvalue weighted by atomic mass is 10.1. The third kappa shape index (κ3) is 2.52. The molecule has 2 heterocycles. The molecule has 1 aliphatic rings. The molecule has 1 aliphatic carbocycles. The molecular formula is C16H22N4O. The highest BCUT2D eigenvalue weighted by molar-refractivity contribution is 6.06. The molecule has 1 N–H and O–H groups in total. The van der Waals surface area contributed by atoms with Crippen LogP contribution in [0.3, 0.4) is 0 Å². The smallest absolute Gasteiger partial charge is 0.252 e. The van der Waals surface area contributed by atoms with Gasteiger partial charge < -0.3 is 5.32 Å². The number of pyridine rings is 1. The van der Waals surface area contributed by atoms with Gasteiger partial charge in [-0.05, 0) is 39.2 Å². The molecule has 0 radical (unpaired) electrons. The van der Waals surface area contributed by atoms with Crippen molar-refractivity contribution in [3.63, 3.8) is 0 Å². The summed E-state index contributed by atoms with van der Waals surface area (Å²) in [5.74, 6) is 0.495. The number of hydrogen-bond donors (Lipinski definition) is 1. The summed E-state index contributed by atoms with van der Waals surface area (Å²) in [5, 5.41) is 8.36. The fourth-order valence-corrected chi connectivity index (χ4v) is 2.64. The van der Waals surface area contributed by atoms with Gasteiger partial charge in [0.1, 0.15) is 0 Å². The summed E-state index contributed by atoms with van der Waals surface area (Å²) in [5.41, 5.74) is 3.41. The Morgan fingerprint density at radius 3 is 2.86 bits per heavy atom. The average Bonchev–Trinajstić information content (AvgIpc) is 3.26. The van der Waals surface area contributed by atoms with E-state index < -0.39 is 0 Å². The van der Waals surface area contributed by atoms with Gasteiger partial charge in [0, 0.05) is 24.7 Å². The third-order valence-electron chi connectivity index (χ3n) is 4.22. The second-order valence-electron chi connectivity index (χ2n) is 6.06. The van der Waals surface area contributed by atoms with Crippen LogP contribution in [0.2, 0.25) is 0 Å². The molecule has 21 heavy (non-hydrogen) atoms. The lowest BCUT2D eigenvalue weighted by Crippen LogP contribution is -2.32. The summed E-state index contributed by atoms with van der Waals surface area (Å²) < 4.78 is 1.77. The molecule has 0 aliphatic heterocycles. The highest BCUT2D eigenvalue weighted by Gasteiger charge is 2.28. The quantitative estimate of drug-likeness (QED) is 0.940. The van der Waals surface area contributed by atoms with Crippen molar-refractivity contribution in [2.24, 2.45) is 7.05 Å². The number of amides is 1. The second-order valence-corrected chi connectivity index (χ2v) is 6.06. The number of carbonyl (C=O) groups excluding carboxylic acids is 1. The van der Waals surface area contributed by atoms with Crippen LogP contribution < -0.4 is 5.32 Å². The molecule has 0 bridgehead atoms. The molecule has 2 aromatic heterocycles. The minimum absolute atomic E-state index is 0.0187. The molecule has 1 amide bonds. The molecule has 5 nitrogen and oxygen atoms in total. The number of nitrogens with zero attached hydrogens (tertiary/aromatic N) is 3. The Morgan fingerprint density at radius 1 is 1.52 bits per heavy atom. The van der Waals surface area contributed by atoms with Crippen molar-refractivity contribution >= 4 is 16.9 Å².